The van der Waals surface area contributed by atoms with Crippen LogP contribution < -0.4 is 5.32 Å². The molecule has 0 bridgehead atoms. The van der Waals surface area contributed by atoms with Gasteiger partial charge in [-0.2, -0.15) is 0 Å². The normalized spacial score (nSPS) is 10.9. The first-order chi connectivity index (χ1) is 12.2. The molecular formula is C18H15N5OS. The summed E-state index contributed by atoms with van der Waals surface area (Å²) in [6.07, 6.45) is 0. The highest BCUT2D eigenvalue weighted by atomic mass is 32.1. The fourth-order valence-corrected chi connectivity index (χ4v) is 3.28. The highest BCUT2D eigenvalue weighted by Gasteiger charge is 2.12. The Morgan fingerprint density at radius 1 is 1.16 bits per heavy atom. The highest BCUT2D eigenvalue weighted by molar-refractivity contribution is 7.09. The Labute approximate surface area is 148 Å². The van der Waals surface area contributed by atoms with Crippen molar-refractivity contribution >= 4 is 34.0 Å². The number of benzene rings is 2. The lowest BCUT2D eigenvalue weighted by atomic mass is 10.1. The van der Waals surface area contributed by atoms with Gasteiger partial charge in [0.15, 0.2) is 0 Å². The van der Waals surface area contributed by atoms with Crippen molar-refractivity contribution in [3.05, 3.63) is 58.9 Å². The molecule has 2 aromatic heterocycles. The van der Waals surface area contributed by atoms with E-state index in [0.717, 1.165) is 33.0 Å². The summed E-state index contributed by atoms with van der Waals surface area (Å²) < 4.78 is 1.60. The average molecular weight is 349 g/mol. The second-order valence-electron chi connectivity index (χ2n) is 5.58. The number of aryl methyl sites for hydroxylation is 1. The maximum absolute atomic E-state index is 12.5. The summed E-state index contributed by atoms with van der Waals surface area (Å²) in [7, 11) is 0. The van der Waals surface area contributed by atoms with Crippen LogP contribution in [0.3, 0.4) is 0 Å². The summed E-state index contributed by atoms with van der Waals surface area (Å²) in [4.78, 5) is 17.0. The van der Waals surface area contributed by atoms with Crippen LogP contribution in [0, 0.1) is 6.92 Å². The summed E-state index contributed by atoms with van der Waals surface area (Å²) in [5.74, 6) is -0.157. The van der Waals surface area contributed by atoms with Gasteiger partial charge in [0.05, 0.1) is 21.9 Å². The van der Waals surface area contributed by atoms with Crippen molar-refractivity contribution in [3.63, 3.8) is 0 Å². The van der Waals surface area contributed by atoms with Gasteiger partial charge in [-0.3, -0.25) is 4.79 Å². The number of carbonyl (C=O) groups is 1. The van der Waals surface area contributed by atoms with Crippen LogP contribution in [0.2, 0.25) is 0 Å². The molecule has 0 unspecified atom stereocenters. The maximum atomic E-state index is 12.5. The molecule has 0 saturated heterocycles. The van der Waals surface area contributed by atoms with E-state index in [1.165, 1.54) is 0 Å². The van der Waals surface area contributed by atoms with E-state index in [-0.39, 0.29) is 12.5 Å². The van der Waals surface area contributed by atoms with E-state index in [0.29, 0.717) is 0 Å². The maximum Gasteiger partial charge on any atom is 0.246 e. The van der Waals surface area contributed by atoms with Crippen LogP contribution in [-0.4, -0.2) is 25.9 Å². The van der Waals surface area contributed by atoms with Gasteiger partial charge in [0.25, 0.3) is 0 Å². The Morgan fingerprint density at radius 3 is 2.80 bits per heavy atom. The van der Waals surface area contributed by atoms with E-state index >= 15 is 0 Å². The third-order valence-corrected chi connectivity index (χ3v) is 4.58. The van der Waals surface area contributed by atoms with E-state index in [9.17, 15) is 4.79 Å². The molecule has 0 aliphatic rings. The quantitative estimate of drug-likeness (QED) is 0.612. The van der Waals surface area contributed by atoms with Crippen LogP contribution in [0.15, 0.2) is 53.9 Å². The summed E-state index contributed by atoms with van der Waals surface area (Å²) in [5, 5.41) is 14.1. The number of hydrogen-bond acceptors (Lipinski definition) is 5. The van der Waals surface area contributed by atoms with Crippen molar-refractivity contribution in [2.75, 3.05) is 5.32 Å². The summed E-state index contributed by atoms with van der Waals surface area (Å²) in [6, 6.07) is 15.2. The fraction of sp³-hybridized carbons (Fsp3) is 0.111. The molecule has 2 heterocycles. The third-order valence-electron chi connectivity index (χ3n) is 3.81. The molecular weight excluding hydrogens is 334 g/mol. The van der Waals surface area contributed by atoms with Crippen LogP contribution >= 0.6 is 11.3 Å². The monoisotopic (exact) mass is 349 g/mol. The van der Waals surface area contributed by atoms with Gasteiger partial charge in [-0.15, -0.1) is 16.4 Å². The first kappa shape index (κ1) is 15.5. The number of carbonyl (C=O) groups excluding carboxylic acids is 1. The van der Waals surface area contributed by atoms with Crippen molar-refractivity contribution in [2.45, 2.75) is 13.5 Å². The Bertz CT molecular complexity index is 1050. The van der Waals surface area contributed by atoms with Crippen molar-refractivity contribution < 1.29 is 4.79 Å². The van der Waals surface area contributed by atoms with Crippen LogP contribution in [0.1, 0.15) is 5.01 Å². The number of thiazole rings is 1. The van der Waals surface area contributed by atoms with E-state index in [1.807, 2.05) is 60.8 Å². The predicted molar refractivity (Wildman–Crippen MR) is 98.4 cm³/mol. The average Bonchev–Trinajstić information content (AvgIpc) is 3.22. The zero-order valence-electron chi connectivity index (χ0n) is 13.5. The number of para-hydroxylation sites is 2. The van der Waals surface area contributed by atoms with E-state index < -0.39 is 0 Å². The van der Waals surface area contributed by atoms with Crippen molar-refractivity contribution in [1.82, 2.24) is 20.0 Å². The second kappa shape index (κ2) is 6.45. The number of nitrogens with one attached hydrogen (secondary N) is 1. The number of hydrogen-bond donors (Lipinski definition) is 1. The van der Waals surface area contributed by atoms with Gasteiger partial charge in [-0.05, 0) is 25.1 Å². The molecule has 25 heavy (non-hydrogen) atoms. The Kier molecular flexibility index (Phi) is 3.99. The van der Waals surface area contributed by atoms with E-state index in [1.54, 1.807) is 16.0 Å². The second-order valence-corrected chi connectivity index (χ2v) is 6.64. The summed E-state index contributed by atoms with van der Waals surface area (Å²) in [5.41, 5.74) is 4.12. The number of amides is 1. The van der Waals surface area contributed by atoms with Crippen LogP contribution in [0.5, 0.6) is 0 Å². The molecule has 0 aliphatic heterocycles. The smallest absolute Gasteiger partial charge is 0.246 e. The molecule has 1 amide bonds. The predicted octanol–water partition coefficient (Wildman–Crippen LogP) is 3.50. The lowest BCUT2D eigenvalue weighted by molar-refractivity contribution is -0.116. The summed E-state index contributed by atoms with van der Waals surface area (Å²) >= 11 is 1.59. The molecule has 2 aromatic carbocycles. The van der Waals surface area contributed by atoms with Crippen LogP contribution in [0.25, 0.3) is 22.3 Å². The topological polar surface area (TPSA) is 72.7 Å². The Hall–Kier alpha value is -3.06. The minimum absolute atomic E-state index is 0.102. The molecule has 0 atom stereocenters. The van der Waals surface area contributed by atoms with Crippen LogP contribution in [0.4, 0.5) is 5.69 Å². The molecule has 1 N–H and O–H groups in total. The van der Waals surface area contributed by atoms with E-state index in [4.69, 9.17) is 0 Å². The lowest BCUT2D eigenvalue weighted by Crippen LogP contribution is -2.20. The number of aromatic nitrogens is 4. The molecule has 124 valence electrons. The largest absolute Gasteiger partial charge is 0.324 e. The van der Waals surface area contributed by atoms with Gasteiger partial charge >= 0.3 is 0 Å². The molecule has 4 rings (SSSR count). The van der Waals surface area contributed by atoms with Gasteiger partial charge in [-0.1, -0.05) is 35.5 Å². The Morgan fingerprint density at radius 2 is 1.96 bits per heavy atom. The van der Waals surface area contributed by atoms with Crippen molar-refractivity contribution in [2.24, 2.45) is 0 Å². The molecule has 0 radical (unpaired) electrons. The lowest BCUT2D eigenvalue weighted by Gasteiger charge is -2.09. The third kappa shape index (κ3) is 3.14. The van der Waals surface area contributed by atoms with Gasteiger partial charge < -0.3 is 5.32 Å². The Balaban J connectivity index is 1.57. The molecule has 0 fully saturated rings. The fourth-order valence-electron chi connectivity index (χ4n) is 2.66. The molecule has 7 heteroatoms. The van der Waals surface area contributed by atoms with Gasteiger partial charge in [0.1, 0.15) is 12.1 Å². The number of nitrogens with zero attached hydrogens (tertiary/aromatic N) is 4. The molecule has 6 nitrogen and oxygen atoms in total. The van der Waals surface area contributed by atoms with Crippen LogP contribution in [-0.2, 0) is 11.3 Å². The number of anilines is 1. The van der Waals surface area contributed by atoms with E-state index in [2.05, 4.69) is 20.6 Å². The van der Waals surface area contributed by atoms with Crippen molar-refractivity contribution in [3.8, 4) is 11.3 Å². The SMILES string of the molecule is Cc1nc(-c2ccccc2NC(=O)Cn2nnc3ccccc32)cs1. The molecule has 0 aliphatic carbocycles. The zero-order valence-corrected chi connectivity index (χ0v) is 14.3. The number of rotatable bonds is 4. The molecule has 0 spiro atoms. The van der Waals surface area contributed by atoms with Crippen molar-refractivity contribution in [1.29, 1.82) is 0 Å². The van der Waals surface area contributed by atoms with Gasteiger partial charge in [-0.25, -0.2) is 9.67 Å². The van der Waals surface area contributed by atoms with Gasteiger partial charge in [0, 0.05) is 10.9 Å². The standard InChI is InChI=1S/C18H15N5OS/c1-12-19-16(11-25-12)13-6-2-3-7-14(13)20-18(24)10-23-17-9-5-4-8-15(17)21-22-23/h2-9,11H,10H2,1H3,(H,20,24). The van der Waals surface area contributed by atoms with Gasteiger partial charge in [0.2, 0.25) is 5.91 Å². The minimum atomic E-state index is -0.157. The summed E-state index contributed by atoms with van der Waals surface area (Å²) in [6.45, 7) is 2.07. The number of fused-ring (bicyclic) bond motifs is 1. The minimum Gasteiger partial charge on any atom is -0.324 e. The molecule has 0 saturated carbocycles. The highest BCUT2D eigenvalue weighted by Crippen LogP contribution is 2.28. The zero-order chi connectivity index (χ0) is 17.2. The first-order valence-electron chi connectivity index (χ1n) is 7.80. The first-order valence-corrected chi connectivity index (χ1v) is 8.68. The molecule has 4 aromatic rings.